The Morgan fingerprint density at radius 1 is 1.28 bits per heavy atom. The fourth-order valence-corrected chi connectivity index (χ4v) is 2.62. The molecule has 0 aliphatic carbocycles. The van der Waals surface area contributed by atoms with Crippen LogP contribution in [0, 0.1) is 11.3 Å². The average Bonchev–Trinajstić information content (AvgIpc) is 2.93. The minimum Gasteiger partial charge on any atom is -0.496 e. The normalized spacial score (nSPS) is 11.7. The molecule has 2 aromatic carbocycles. The summed E-state index contributed by atoms with van der Waals surface area (Å²) < 4.78 is 11.7. The Labute approximate surface area is 143 Å². The number of carbonyl (C=O) groups is 1. The number of amides is 1. The number of aryl methyl sites for hydroxylation is 1. The molecule has 0 fully saturated rings. The number of carbonyl (C=O) groups excluding carboxylic acids is 1. The van der Waals surface area contributed by atoms with Crippen LogP contribution in [0.1, 0.15) is 22.0 Å². The maximum absolute atomic E-state index is 12.6. The second-order valence-electron chi connectivity index (χ2n) is 5.36. The molecule has 0 spiro atoms. The molecule has 126 valence electrons. The van der Waals surface area contributed by atoms with Gasteiger partial charge in [0, 0.05) is 12.6 Å². The summed E-state index contributed by atoms with van der Waals surface area (Å²) in [7, 11) is 3.05. The molecule has 1 heterocycles. The van der Waals surface area contributed by atoms with Gasteiger partial charge < -0.3 is 14.5 Å². The number of oxazole rings is 1. The van der Waals surface area contributed by atoms with Gasteiger partial charge in [-0.05, 0) is 18.2 Å². The largest absolute Gasteiger partial charge is 0.496 e. The van der Waals surface area contributed by atoms with Crippen LogP contribution in [0.5, 0.6) is 5.75 Å². The van der Waals surface area contributed by atoms with E-state index in [1.807, 2.05) is 6.07 Å². The number of fused-ring (bicyclic) bond motifs is 1. The second kappa shape index (κ2) is 6.53. The van der Waals surface area contributed by atoms with Crippen molar-refractivity contribution in [3.63, 3.8) is 0 Å². The number of hydrogen-bond acceptors (Lipinski definition) is 5. The van der Waals surface area contributed by atoms with Crippen LogP contribution in [-0.4, -0.2) is 17.6 Å². The van der Waals surface area contributed by atoms with E-state index in [1.165, 1.54) is 17.7 Å². The maximum Gasteiger partial charge on any atom is 0.419 e. The van der Waals surface area contributed by atoms with E-state index in [1.54, 1.807) is 43.4 Å². The smallest absolute Gasteiger partial charge is 0.419 e. The fraction of sp³-hybridized carbons (Fsp3) is 0.167. The number of para-hydroxylation sites is 2. The first-order chi connectivity index (χ1) is 12.1. The molecule has 1 aromatic heterocycles. The molecular formula is C18H15N3O4. The van der Waals surface area contributed by atoms with Gasteiger partial charge in [0.1, 0.15) is 11.8 Å². The Bertz CT molecular complexity index is 1040. The molecule has 1 N–H and O–H groups in total. The van der Waals surface area contributed by atoms with E-state index in [4.69, 9.17) is 9.15 Å². The summed E-state index contributed by atoms with van der Waals surface area (Å²) in [4.78, 5) is 24.3. The van der Waals surface area contributed by atoms with Crippen LogP contribution in [0.25, 0.3) is 11.1 Å². The fourth-order valence-electron chi connectivity index (χ4n) is 2.62. The zero-order valence-corrected chi connectivity index (χ0v) is 13.6. The SMILES string of the molecule is COc1ccccc1[C@@H](C#N)NC(=O)c1cccc2c1oc(=O)n2C. The van der Waals surface area contributed by atoms with Crippen molar-refractivity contribution in [2.75, 3.05) is 7.11 Å². The lowest BCUT2D eigenvalue weighted by Gasteiger charge is -2.15. The number of aromatic nitrogens is 1. The van der Waals surface area contributed by atoms with Crippen molar-refractivity contribution < 1.29 is 13.9 Å². The molecule has 3 aromatic rings. The first-order valence-corrected chi connectivity index (χ1v) is 7.48. The lowest BCUT2D eigenvalue weighted by molar-refractivity contribution is 0.0945. The number of hydrogen-bond donors (Lipinski definition) is 1. The molecule has 0 unspecified atom stereocenters. The number of ether oxygens (including phenoxy) is 1. The number of benzene rings is 2. The van der Waals surface area contributed by atoms with Crippen molar-refractivity contribution in [2.45, 2.75) is 6.04 Å². The topological polar surface area (TPSA) is 97.3 Å². The molecule has 25 heavy (non-hydrogen) atoms. The molecule has 0 radical (unpaired) electrons. The van der Waals surface area contributed by atoms with E-state index in [2.05, 4.69) is 5.32 Å². The number of methoxy groups -OCH3 is 1. The van der Waals surface area contributed by atoms with Crippen LogP contribution in [0.15, 0.2) is 51.7 Å². The predicted molar refractivity (Wildman–Crippen MR) is 90.3 cm³/mol. The van der Waals surface area contributed by atoms with Gasteiger partial charge in [-0.3, -0.25) is 9.36 Å². The minimum absolute atomic E-state index is 0.184. The molecule has 0 aliphatic rings. The standard InChI is InChI=1S/C18H15N3O4/c1-21-14-8-5-7-12(16(14)25-18(21)23)17(22)20-13(10-19)11-6-3-4-9-15(11)24-2/h3-9,13H,1-2H3,(H,20,22)/t13-/m1/s1. The van der Waals surface area contributed by atoms with Crippen molar-refractivity contribution >= 4 is 17.0 Å². The Morgan fingerprint density at radius 3 is 2.76 bits per heavy atom. The maximum atomic E-state index is 12.6. The summed E-state index contributed by atoms with van der Waals surface area (Å²) in [6, 6.07) is 13.0. The Kier molecular flexibility index (Phi) is 4.27. The third-order valence-electron chi connectivity index (χ3n) is 3.92. The van der Waals surface area contributed by atoms with E-state index in [0.29, 0.717) is 16.8 Å². The van der Waals surface area contributed by atoms with Crippen LogP contribution in [0.2, 0.25) is 0 Å². The Morgan fingerprint density at radius 2 is 2.04 bits per heavy atom. The molecular weight excluding hydrogens is 322 g/mol. The number of nitriles is 1. The van der Waals surface area contributed by atoms with E-state index >= 15 is 0 Å². The molecule has 0 saturated carbocycles. The highest BCUT2D eigenvalue weighted by Crippen LogP contribution is 2.25. The molecule has 0 aliphatic heterocycles. The van der Waals surface area contributed by atoms with Gasteiger partial charge in [0.2, 0.25) is 0 Å². The van der Waals surface area contributed by atoms with Crippen LogP contribution in [-0.2, 0) is 7.05 Å². The summed E-state index contributed by atoms with van der Waals surface area (Å²) >= 11 is 0. The lowest BCUT2D eigenvalue weighted by atomic mass is 10.1. The molecule has 3 rings (SSSR count). The molecule has 0 bridgehead atoms. The number of nitrogens with one attached hydrogen (secondary N) is 1. The first-order valence-electron chi connectivity index (χ1n) is 7.48. The number of nitrogens with zero attached hydrogens (tertiary/aromatic N) is 2. The van der Waals surface area contributed by atoms with Gasteiger partial charge in [-0.25, -0.2) is 4.79 Å². The summed E-state index contributed by atoms with van der Waals surface area (Å²) in [5, 5.41) is 12.1. The van der Waals surface area contributed by atoms with Gasteiger partial charge in [0.05, 0.1) is 24.3 Å². The number of rotatable bonds is 4. The van der Waals surface area contributed by atoms with Gasteiger partial charge in [-0.1, -0.05) is 24.3 Å². The monoisotopic (exact) mass is 337 g/mol. The van der Waals surface area contributed by atoms with Gasteiger partial charge in [0.15, 0.2) is 5.58 Å². The van der Waals surface area contributed by atoms with E-state index in [9.17, 15) is 14.9 Å². The van der Waals surface area contributed by atoms with Gasteiger partial charge in [-0.2, -0.15) is 5.26 Å². The molecule has 7 nitrogen and oxygen atoms in total. The average molecular weight is 337 g/mol. The van der Waals surface area contributed by atoms with E-state index in [-0.39, 0.29) is 11.1 Å². The van der Waals surface area contributed by atoms with Crippen molar-refractivity contribution in [1.82, 2.24) is 9.88 Å². The van der Waals surface area contributed by atoms with Gasteiger partial charge >= 0.3 is 5.76 Å². The van der Waals surface area contributed by atoms with Crippen molar-refractivity contribution in [2.24, 2.45) is 7.05 Å². The van der Waals surface area contributed by atoms with Crippen molar-refractivity contribution in [1.29, 1.82) is 5.26 Å². The molecule has 1 amide bonds. The summed E-state index contributed by atoms with van der Waals surface area (Å²) in [5.41, 5.74) is 1.42. The Hall–Kier alpha value is -3.53. The lowest BCUT2D eigenvalue weighted by Crippen LogP contribution is -2.28. The highest BCUT2D eigenvalue weighted by molar-refractivity contribution is 6.04. The highest BCUT2D eigenvalue weighted by Gasteiger charge is 2.21. The molecule has 7 heteroatoms. The quantitative estimate of drug-likeness (QED) is 0.786. The van der Waals surface area contributed by atoms with E-state index in [0.717, 1.165) is 0 Å². The summed E-state index contributed by atoms with van der Waals surface area (Å²) in [5.74, 6) is -0.576. The van der Waals surface area contributed by atoms with Crippen molar-refractivity contribution in [3.8, 4) is 11.8 Å². The van der Waals surface area contributed by atoms with Gasteiger partial charge in [-0.15, -0.1) is 0 Å². The van der Waals surface area contributed by atoms with Crippen LogP contribution >= 0.6 is 0 Å². The highest BCUT2D eigenvalue weighted by atomic mass is 16.5. The molecule has 0 saturated heterocycles. The minimum atomic E-state index is -0.908. The predicted octanol–water partition coefficient (Wildman–Crippen LogP) is 2.13. The Balaban J connectivity index is 1.98. The zero-order valence-electron chi connectivity index (χ0n) is 13.6. The van der Waals surface area contributed by atoms with Crippen molar-refractivity contribution in [3.05, 3.63) is 64.1 Å². The van der Waals surface area contributed by atoms with Crippen LogP contribution in [0.4, 0.5) is 0 Å². The third-order valence-corrected chi connectivity index (χ3v) is 3.92. The van der Waals surface area contributed by atoms with Gasteiger partial charge in [0.25, 0.3) is 5.91 Å². The van der Waals surface area contributed by atoms with E-state index < -0.39 is 17.7 Å². The zero-order chi connectivity index (χ0) is 18.0. The molecule has 1 atom stereocenters. The first kappa shape index (κ1) is 16.3. The third kappa shape index (κ3) is 2.85. The second-order valence-corrected chi connectivity index (χ2v) is 5.36. The summed E-state index contributed by atoms with van der Waals surface area (Å²) in [6.07, 6.45) is 0. The van der Waals surface area contributed by atoms with Crippen LogP contribution < -0.4 is 15.8 Å². The summed E-state index contributed by atoms with van der Waals surface area (Å²) in [6.45, 7) is 0. The van der Waals surface area contributed by atoms with Crippen LogP contribution in [0.3, 0.4) is 0 Å².